The van der Waals surface area contributed by atoms with E-state index in [4.69, 9.17) is 9.47 Å². The van der Waals surface area contributed by atoms with Crippen LogP contribution in [-0.2, 0) is 6.42 Å². The van der Waals surface area contributed by atoms with E-state index in [0.29, 0.717) is 16.7 Å². The first-order valence-electron chi connectivity index (χ1n) is 10.2. The fourth-order valence-corrected chi connectivity index (χ4v) is 3.50. The van der Waals surface area contributed by atoms with Gasteiger partial charge in [-0.25, -0.2) is 18.7 Å². The van der Waals surface area contributed by atoms with E-state index in [9.17, 15) is 27.5 Å². The molecule has 184 valence electrons. The number of alkyl halides is 3. The van der Waals surface area contributed by atoms with Crippen molar-refractivity contribution in [1.82, 2.24) is 14.6 Å². The fraction of sp³-hybridized carbons (Fsp3) is 0.217. The number of pyridine rings is 1. The molecule has 4 aromatic rings. The van der Waals surface area contributed by atoms with E-state index in [1.54, 1.807) is 6.07 Å². The van der Waals surface area contributed by atoms with Gasteiger partial charge in [0.2, 0.25) is 0 Å². The molecule has 0 bridgehead atoms. The number of hydrogen-bond donors (Lipinski definition) is 2. The molecule has 1 unspecified atom stereocenters. The predicted molar refractivity (Wildman–Crippen MR) is 116 cm³/mol. The highest BCUT2D eigenvalue weighted by atomic mass is 19.4. The van der Waals surface area contributed by atoms with E-state index in [1.807, 2.05) is 0 Å². The van der Waals surface area contributed by atoms with Gasteiger partial charge in [0.25, 0.3) is 0 Å². The molecule has 0 saturated carbocycles. The van der Waals surface area contributed by atoms with Crippen LogP contribution in [0.3, 0.4) is 0 Å². The largest absolute Gasteiger partial charge is 0.573 e. The third-order valence-corrected chi connectivity index (χ3v) is 5.02. The number of nitrogens with zero attached hydrogens (tertiary/aromatic N) is 2. The molecule has 0 aliphatic rings. The van der Waals surface area contributed by atoms with Gasteiger partial charge in [-0.3, -0.25) is 0 Å². The second-order valence-corrected chi connectivity index (χ2v) is 7.51. The van der Waals surface area contributed by atoms with E-state index in [1.165, 1.54) is 42.0 Å². The Bertz CT molecular complexity index is 1380. The van der Waals surface area contributed by atoms with Crippen LogP contribution < -0.4 is 19.9 Å². The van der Waals surface area contributed by atoms with Crippen LogP contribution in [0.5, 0.6) is 17.2 Å². The number of aromatic nitrogens is 3. The minimum absolute atomic E-state index is 0.0282. The molecule has 2 aromatic heterocycles. The Kier molecular flexibility index (Phi) is 6.65. The minimum atomic E-state index is -4.81. The van der Waals surface area contributed by atoms with Crippen molar-refractivity contribution in [3.8, 4) is 28.4 Å². The van der Waals surface area contributed by atoms with Gasteiger partial charge in [-0.05, 0) is 41.5 Å². The van der Waals surface area contributed by atoms with Gasteiger partial charge in [0.1, 0.15) is 18.2 Å². The van der Waals surface area contributed by atoms with Crippen LogP contribution in [0.25, 0.3) is 16.8 Å². The normalized spacial score (nSPS) is 12.5. The predicted octanol–water partition coefficient (Wildman–Crippen LogP) is 3.72. The van der Waals surface area contributed by atoms with Gasteiger partial charge < -0.3 is 19.3 Å². The molecule has 0 fully saturated rings. The molecule has 0 aliphatic heterocycles. The Morgan fingerprint density at radius 3 is 2.51 bits per heavy atom. The highest BCUT2D eigenvalue weighted by molar-refractivity contribution is 5.67. The SMILES string of the molecule is COc1cc(F)ccc1OCC(O)Cc1cc(-c2ccc(OC(F)(F)F)cc2)cn2c(=O)[nH]nc12. The first-order chi connectivity index (χ1) is 16.6. The zero-order valence-corrected chi connectivity index (χ0v) is 18.2. The summed E-state index contributed by atoms with van der Waals surface area (Å²) in [4.78, 5) is 12.2. The average molecular weight is 493 g/mol. The molecule has 0 radical (unpaired) electrons. The number of halogens is 4. The maximum absolute atomic E-state index is 13.4. The van der Waals surface area contributed by atoms with Gasteiger partial charge in [0.15, 0.2) is 17.1 Å². The van der Waals surface area contributed by atoms with Crippen LogP contribution in [-0.4, -0.2) is 45.9 Å². The summed E-state index contributed by atoms with van der Waals surface area (Å²) < 4.78 is 66.4. The van der Waals surface area contributed by atoms with E-state index in [-0.39, 0.29) is 35.9 Å². The monoisotopic (exact) mass is 493 g/mol. The molecule has 0 amide bonds. The zero-order chi connectivity index (χ0) is 25.2. The topological polar surface area (TPSA) is 98.1 Å². The smallest absolute Gasteiger partial charge is 0.493 e. The number of rotatable bonds is 8. The van der Waals surface area contributed by atoms with Crippen LogP contribution in [0, 0.1) is 5.82 Å². The minimum Gasteiger partial charge on any atom is -0.493 e. The number of aliphatic hydroxyl groups is 1. The van der Waals surface area contributed by atoms with Crippen molar-refractivity contribution in [3.63, 3.8) is 0 Å². The molecule has 2 aromatic carbocycles. The first kappa shape index (κ1) is 24.1. The third-order valence-electron chi connectivity index (χ3n) is 5.02. The second-order valence-electron chi connectivity index (χ2n) is 7.51. The summed E-state index contributed by atoms with van der Waals surface area (Å²) >= 11 is 0. The molecule has 12 heteroatoms. The van der Waals surface area contributed by atoms with Gasteiger partial charge in [0.05, 0.1) is 13.2 Å². The van der Waals surface area contributed by atoms with Crippen LogP contribution in [0.4, 0.5) is 17.6 Å². The summed E-state index contributed by atoms with van der Waals surface area (Å²) in [5.41, 5.74) is 1.25. The van der Waals surface area contributed by atoms with Crippen molar-refractivity contribution < 1.29 is 36.9 Å². The number of fused-ring (bicyclic) bond motifs is 1. The zero-order valence-electron chi connectivity index (χ0n) is 18.2. The van der Waals surface area contributed by atoms with Crippen molar-refractivity contribution in [2.24, 2.45) is 0 Å². The first-order valence-corrected chi connectivity index (χ1v) is 10.2. The molecule has 0 saturated heterocycles. The van der Waals surface area contributed by atoms with Gasteiger partial charge in [-0.15, -0.1) is 13.2 Å². The summed E-state index contributed by atoms with van der Waals surface area (Å²) in [5.74, 6) is -0.481. The maximum Gasteiger partial charge on any atom is 0.573 e. The van der Waals surface area contributed by atoms with Crippen molar-refractivity contribution in [1.29, 1.82) is 0 Å². The molecule has 35 heavy (non-hydrogen) atoms. The van der Waals surface area contributed by atoms with Gasteiger partial charge >= 0.3 is 12.1 Å². The van der Waals surface area contributed by atoms with Crippen LogP contribution >= 0.6 is 0 Å². The van der Waals surface area contributed by atoms with Gasteiger partial charge in [-0.2, -0.15) is 5.10 Å². The van der Waals surface area contributed by atoms with Crippen molar-refractivity contribution in [2.75, 3.05) is 13.7 Å². The second kappa shape index (κ2) is 9.66. The highest BCUT2D eigenvalue weighted by Gasteiger charge is 2.31. The number of nitrogens with one attached hydrogen (secondary N) is 1. The highest BCUT2D eigenvalue weighted by Crippen LogP contribution is 2.29. The standard InChI is InChI=1S/C23H19F4N3O5/c1-33-20-10-16(24)4-7-19(20)34-12-17(31)9-14-8-15(11-30-21(14)28-29-22(30)32)13-2-5-18(6-3-13)35-23(25,26)27/h2-8,10-11,17,31H,9,12H2,1H3,(H,29,32). The molecule has 2 heterocycles. The number of H-pyrrole nitrogens is 1. The number of aliphatic hydroxyl groups excluding tert-OH is 1. The molecule has 4 rings (SSSR count). The van der Waals surface area contributed by atoms with Crippen molar-refractivity contribution in [2.45, 2.75) is 18.9 Å². The average Bonchev–Trinajstić information content (AvgIpc) is 3.18. The number of ether oxygens (including phenoxy) is 3. The molecule has 0 aliphatic carbocycles. The lowest BCUT2D eigenvalue weighted by Gasteiger charge is -2.15. The number of methoxy groups -OCH3 is 1. The number of aromatic amines is 1. The Hall–Kier alpha value is -4.06. The van der Waals surface area contributed by atoms with Crippen LogP contribution in [0.1, 0.15) is 5.56 Å². The molecule has 0 spiro atoms. The molecule has 8 nitrogen and oxygen atoms in total. The molecular formula is C23H19F4N3O5. The van der Waals surface area contributed by atoms with E-state index >= 15 is 0 Å². The van der Waals surface area contributed by atoms with Crippen molar-refractivity contribution >= 4 is 5.65 Å². The lowest BCUT2D eigenvalue weighted by atomic mass is 10.0. The summed E-state index contributed by atoms with van der Waals surface area (Å²) in [5, 5.41) is 16.9. The van der Waals surface area contributed by atoms with E-state index in [0.717, 1.165) is 18.2 Å². The summed E-state index contributed by atoms with van der Waals surface area (Å²) in [6, 6.07) is 10.5. The Morgan fingerprint density at radius 2 is 1.83 bits per heavy atom. The van der Waals surface area contributed by atoms with E-state index in [2.05, 4.69) is 14.9 Å². The lowest BCUT2D eigenvalue weighted by Crippen LogP contribution is -2.21. The third kappa shape index (κ3) is 5.72. The summed E-state index contributed by atoms with van der Waals surface area (Å²) in [6.07, 6.45) is -4.34. The number of benzene rings is 2. The quantitative estimate of drug-likeness (QED) is 0.363. The van der Waals surface area contributed by atoms with Crippen molar-refractivity contribution in [3.05, 3.63) is 76.6 Å². The Balaban J connectivity index is 1.57. The van der Waals surface area contributed by atoms with Crippen LogP contribution in [0.2, 0.25) is 0 Å². The van der Waals surface area contributed by atoms with E-state index < -0.39 is 24.0 Å². The molecular weight excluding hydrogens is 474 g/mol. The van der Waals surface area contributed by atoms with Gasteiger partial charge in [-0.1, -0.05) is 12.1 Å². The van der Waals surface area contributed by atoms with Gasteiger partial charge in [0, 0.05) is 24.2 Å². The number of hydrogen-bond acceptors (Lipinski definition) is 6. The maximum atomic E-state index is 13.4. The summed E-state index contributed by atoms with van der Waals surface area (Å²) in [7, 11) is 1.36. The molecule has 2 N–H and O–H groups in total. The molecule has 1 atom stereocenters. The fourth-order valence-electron chi connectivity index (χ4n) is 3.50. The summed E-state index contributed by atoms with van der Waals surface area (Å²) in [6.45, 7) is -0.170. The van der Waals surface area contributed by atoms with Crippen LogP contribution in [0.15, 0.2) is 59.5 Å². The lowest BCUT2D eigenvalue weighted by molar-refractivity contribution is -0.274. The Labute approximate surface area is 195 Å². The Morgan fingerprint density at radius 1 is 1.09 bits per heavy atom.